The summed E-state index contributed by atoms with van der Waals surface area (Å²) in [6.45, 7) is 0. The van der Waals surface area contributed by atoms with Gasteiger partial charge in [-0.1, -0.05) is 41.9 Å². The summed E-state index contributed by atoms with van der Waals surface area (Å²) in [5, 5.41) is 11.0. The minimum Gasteiger partial charge on any atom is -0.496 e. The van der Waals surface area contributed by atoms with E-state index in [2.05, 4.69) is 20.2 Å². The van der Waals surface area contributed by atoms with Crippen molar-refractivity contribution < 1.29 is 9.53 Å². The summed E-state index contributed by atoms with van der Waals surface area (Å²) in [4.78, 5) is 13.0. The van der Waals surface area contributed by atoms with E-state index < -0.39 is 5.91 Å². The van der Waals surface area contributed by atoms with Crippen molar-refractivity contribution in [2.45, 2.75) is 4.90 Å². The van der Waals surface area contributed by atoms with Crippen molar-refractivity contribution >= 4 is 52.9 Å². The second-order valence-electron chi connectivity index (χ2n) is 6.16. The minimum atomic E-state index is -0.434. The monoisotopic (exact) mass is 453 g/mol. The molecule has 4 N–H and O–H groups in total. The Kier molecular flexibility index (Phi) is 7.91. The standard InChI is InChI=1S/C22H20ClN5O2S/c1-30-19-12-11-18(13-20(19)31-28-17-9-7-16(23)8-10-17)26-21(29)14-25-27-22(24)15-5-3-2-4-6-15/h2-14,28H,1H3,(H2,24,27)(H,26,29)/b25-14+. The largest absolute Gasteiger partial charge is 0.496 e. The molecule has 1 amide bonds. The number of ether oxygens (including phenoxy) is 1. The molecule has 0 radical (unpaired) electrons. The van der Waals surface area contributed by atoms with Gasteiger partial charge in [-0.05, 0) is 54.4 Å². The van der Waals surface area contributed by atoms with Gasteiger partial charge in [0.15, 0.2) is 5.84 Å². The number of hydrogen-bond donors (Lipinski definition) is 3. The smallest absolute Gasteiger partial charge is 0.268 e. The first-order valence-corrected chi connectivity index (χ1v) is 10.3. The predicted molar refractivity (Wildman–Crippen MR) is 128 cm³/mol. The molecule has 0 unspecified atom stereocenters. The van der Waals surface area contributed by atoms with Crippen molar-refractivity contribution in [3.05, 3.63) is 83.4 Å². The number of halogens is 1. The Labute approximate surface area is 189 Å². The number of methoxy groups -OCH3 is 1. The van der Waals surface area contributed by atoms with Gasteiger partial charge in [0.25, 0.3) is 5.91 Å². The molecule has 7 nitrogen and oxygen atoms in total. The maximum atomic E-state index is 12.2. The van der Waals surface area contributed by atoms with E-state index in [-0.39, 0.29) is 5.84 Å². The summed E-state index contributed by atoms with van der Waals surface area (Å²) in [6, 6.07) is 21.8. The zero-order valence-electron chi connectivity index (χ0n) is 16.6. The number of carbonyl (C=O) groups is 1. The third-order valence-electron chi connectivity index (χ3n) is 3.96. The van der Waals surface area contributed by atoms with Gasteiger partial charge in [0.2, 0.25) is 0 Å². The fourth-order valence-electron chi connectivity index (χ4n) is 2.45. The highest BCUT2D eigenvalue weighted by Gasteiger charge is 2.08. The number of amidine groups is 1. The molecule has 158 valence electrons. The summed E-state index contributed by atoms with van der Waals surface area (Å²) in [5.74, 6) is 0.454. The second kappa shape index (κ2) is 11.1. The number of rotatable bonds is 8. The van der Waals surface area contributed by atoms with Crippen LogP contribution < -0.4 is 20.5 Å². The Balaban J connectivity index is 1.63. The molecule has 0 aliphatic heterocycles. The molecule has 3 aromatic rings. The summed E-state index contributed by atoms with van der Waals surface area (Å²) < 4.78 is 8.61. The van der Waals surface area contributed by atoms with Crippen LogP contribution in [0.1, 0.15) is 5.56 Å². The van der Waals surface area contributed by atoms with E-state index in [9.17, 15) is 4.79 Å². The lowest BCUT2D eigenvalue weighted by molar-refractivity contribution is -0.110. The first-order valence-electron chi connectivity index (χ1n) is 9.14. The molecule has 0 bridgehead atoms. The number of benzene rings is 3. The molecule has 0 heterocycles. The average molecular weight is 454 g/mol. The summed E-state index contributed by atoms with van der Waals surface area (Å²) in [5.41, 5.74) is 8.04. The molecule has 0 aliphatic carbocycles. The number of carbonyl (C=O) groups excluding carboxylic acids is 1. The van der Waals surface area contributed by atoms with E-state index in [1.54, 1.807) is 37.4 Å². The Morgan fingerprint density at radius 3 is 2.48 bits per heavy atom. The van der Waals surface area contributed by atoms with Crippen LogP contribution in [0.2, 0.25) is 5.02 Å². The van der Waals surface area contributed by atoms with Gasteiger partial charge in [-0.2, -0.15) is 5.10 Å². The van der Waals surface area contributed by atoms with Crippen LogP contribution in [0.3, 0.4) is 0 Å². The third-order valence-corrected chi connectivity index (χ3v) is 5.09. The van der Waals surface area contributed by atoms with Gasteiger partial charge in [-0.25, -0.2) is 0 Å². The number of amides is 1. The van der Waals surface area contributed by atoms with Crippen molar-refractivity contribution in [1.29, 1.82) is 0 Å². The lowest BCUT2D eigenvalue weighted by atomic mass is 10.2. The van der Waals surface area contributed by atoms with Crippen LogP contribution in [0.4, 0.5) is 11.4 Å². The van der Waals surface area contributed by atoms with E-state index in [4.69, 9.17) is 22.1 Å². The topological polar surface area (TPSA) is 101 Å². The molecule has 0 aromatic heterocycles. The SMILES string of the molecule is COc1ccc(NC(=O)/C=N/N=C(\N)c2ccccc2)cc1SNc1ccc(Cl)cc1. The fourth-order valence-corrected chi connectivity index (χ4v) is 3.38. The van der Waals surface area contributed by atoms with Crippen molar-refractivity contribution in [2.75, 3.05) is 17.1 Å². The average Bonchev–Trinajstić information content (AvgIpc) is 2.79. The Morgan fingerprint density at radius 1 is 1.06 bits per heavy atom. The van der Waals surface area contributed by atoms with Gasteiger partial charge in [-0.3, -0.25) is 4.79 Å². The van der Waals surface area contributed by atoms with E-state index in [1.807, 2.05) is 42.5 Å². The molecule has 0 spiro atoms. The molecule has 3 aromatic carbocycles. The number of hydrogen-bond acceptors (Lipinski definition) is 6. The van der Waals surface area contributed by atoms with E-state index in [1.165, 1.54) is 11.9 Å². The normalized spacial score (nSPS) is 11.4. The molecule has 3 rings (SSSR count). The van der Waals surface area contributed by atoms with E-state index in [0.29, 0.717) is 16.5 Å². The number of nitrogens with one attached hydrogen (secondary N) is 2. The van der Waals surface area contributed by atoms with Gasteiger partial charge < -0.3 is 20.5 Å². The molecule has 0 saturated carbocycles. The Bertz CT molecular complexity index is 1090. The molecule has 0 saturated heterocycles. The van der Waals surface area contributed by atoms with Gasteiger partial charge in [0.05, 0.1) is 12.0 Å². The highest BCUT2D eigenvalue weighted by molar-refractivity contribution is 8.00. The Morgan fingerprint density at radius 2 is 1.77 bits per heavy atom. The minimum absolute atomic E-state index is 0.223. The van der Waals surface area contributed by atoms with Crippen LogP contribution in [-0.4, -0.2) is 25.1 Å². The number of nitrogens with two attached hydrogens (primary N) is 1. The first-order chi connectivity index (χ1) is 15.0. The van der Waals surface area contributed by atoms with Crippen LogP contribution in [0.25, 0.3) is 0 Å². The molecule has 9 heteroatoms. The zero-order chi connectivity index (χ0) is 22.1. The highest BCUT2D eigenvalue weighted by Crippen LogP contribution is 2.32. The zero-order valence-corrected chi connectivity index (χ0v) is 18.2. The van der Waals surface area contributed by atoms with Crippen LogP contribution >= 0.6 is 23.5 Å². The summed E-state index contributed by atoms with van der Waals surface area (Å²) in [6.07, 6.45) is 1.07. The molecular weight excluding hydrogens is 434 g/mol. The quantitative estimate of drug-likeness (QED) is 0.197. The van der Waals surface area contributed by atoms with Crippen molar-refractivity contribution in [2.24, 2.45) is 15.9 Å². The van der Waals surface area contributed by atoms with Crippen LogP contribution in [0, 0.1) is 0 Å². The predicted octanol–water partition coefficient (Wildman–Crippen LogP) is 4.80. The Hall–Kier alpha value is -3.49. The lowest BCUT2D eigenvalue weighted by Gasteiger charge is -2.11. The van der Waals surface area contributed by atoms with Crippen molar-refractivity contribution in [3.8, 4) is 5.75 Å². The van der Waals surface area contributed by atoms with E-state index >= 15 is 0 Å². The molecule has 0 atom stereocenters. The molecule has 31 heavy (non-hydrogen) atoms. The maximum Gasteiger partial charge on any atom is 0.268 e. The van der Waals surface area contributed by atoms with Crippen molar-refractivity contribution in [3.63, 3.8) is 0 Å². The van der Waals surface area contributed by atoms with Crippen LogP contribution in [-0.2, 0) is 4.79 Å². The summed E-state index contributed by atoms with van der Waals surface area (Å²) >= 11 is 7.26. The molecular formula is C22H20ClN5O2S. The lowest BCUT2D eigenvalue weighted by Crippen LogP contribution is -2.14. The fraction of sp³-hybridized carbons (Fsp3) is 0.0455. The van der Waals surface area contributed by atoms with Gasteiger partial charge in [0, 0.05) is 22.0 Å². The first kappa shape index (κ1) is 22.2. The number of anilines is 2. The van der Waals surface area contributed by atoms with Gasteiger partial charge in [0.1, 0.15) is 12.0 Å². The van der Waals surface area contributed by atoms with Crippen LogP contribution in [0.5, 0.6) is 5.75 Å². The summed E-state index contributed by atoms with van der Waals surface area (Å²) in [7, 11) is 1.59. The highest BCUT2D eigenvalue weighted by atomic mass is 35.5. The molecule has 0 aliphatic rings. The van der Waals surface area contributed by atoms with Crippen LogP contribution in [0.15, 0.2) is 87.9 Å². The van der Waals surface area contributed by atoms with Gasteiger partial charge in [-0.15, -0.1) is 5.10 Å². The maximum absolute atomic E-state index is 12.2. The van der Waals surface area contributed by atoms with Gasteiger partial charge >= 0.3 is 0 Å². The third kappa shape index (κ3) is 6.77. The second-order valence-corrected chi connectivity index (χ2v) is 7.45. The number of nitrogens with zero attached hydrogens (tertiary/aromatic N) is 2. The van der Waals surface area contributed by atoms with E-state index in [0.717, 1.165) is 22.4 Å². The molecule has 0 fully saturated rings. The van der Waals surface area contributed by atoms with Crippen molar-refractivity contribution in [1.82, 2.24) is 0 Å².